The van der Waals surface area contributed by atoms with Gasteiger partial charge in [0.2, 0.25) is 5.91 Å². The van der Waals surface area contributed by atoms with Gasteiger partial charge in [0.25, 0.3) is 0 Å². The minimum atomic E-state index is -0.709. The Kier molecular flexibility index (Phi) is 7.44. The molecule has 2 saturated carbocycles. The average molecular weight is 561 g/mol. The van der Waals surface area contributed by atoms with Crippen LogP contribution in [0.4, 0.5) is 0 Å². The van der Waals surface area contributed by atoms with Gasteiger partial charge in [0, 0.05) is 30.7 Å². The van der Waals surface area contributed by atoms with Gasteiger partial charge in [-0.15, -0.1) is 0 Å². The number of nitrogens with one attached hydrogen (secondary N) is 1. The van der Waals surface area contributed by atoms with Crippen LogP contribution in [-0.2, 0) is 26.2 Å². The molecule has 1 unspecified atom stereocenters. The number of carbonyl (C=O) groups is 2. The van der Waals surface area contributed by atoms with Crippen molar-refractivity contribution in [3.8, 4) is 5.75 Å². The smallest absolute Gasteiger partial charge is 0.303 e. The standard InChI is InChI=1S/C30H36Cl2N2O4/c1-20(35)38-30-11-10-24(33-28(37)15-22-8-9-26(31)27(32)14-22)17-29(30,23-4-3-5-25(36)16-23)12-13-34(2,19-30)18-21-6-7-21/h3-5,8-9,14,16,21,24H,6-7,10-13,15,17-19H2,1-2H3,(H-,33,36,37)/p+1/t24-,29+,30?,34-/m1/s1. The number of phenolic OH excluding ortho intramolecular Hbond substituents is 1. The lowest BCUT2D eigenvalue weighted by atomic mass is 9.54. The summed E-state index contributed by atoms with van der Waals surface area (Å²) in [5.74, 6) is 0.584. The van der Waals surface area contributed by atoms with E-state index in [4.69, 9.17) is 27.9 Å². The zero-order chi connectivity index (χ0) is 27.1. The van der Waals surface area contributed by atoms with Crippen molar-refractivity contribution in [2.75, 3.05) is 26.7 Å². The molecular weight excluding hydrogens is 523 g/mol. The van der Waals surface area contributed by atoms with Gasteiger partial charge in [0.1, 0.15) is 12.3 Å². The molecule has 3 aliphatic rings. The second-order valence-electron chi connectivity index (χ2n) is 12.0. The number of nitrogens with zero attached hydrogens (tertiary/aromatic N) is 1. The van der Waals surface area contributed by atoms with Gasteiger partial charge in [-0.05, 0) is 67.5 Å². The number of quaternary nitrogens is 1. The van der Waals surface area contributed by atoms with Crippen molar-refractivity contribution in [3.63, 3.8) is 0 Å². The van der Waals surface area contributed by atoms with Gasteiger partial charge in [-0.2, -0.15) is 0 Å². The molecule has 3 fully saturated rings. The number of hydrogen-bond donors (Lipinski definition) is 2. The maximum Gasteiger partial charge on any atom is 0.303 e. The monoisotopic (exact) mass is 559 g/mol. The molecule has 38 heavy (non-hydrogen) atoms. The van der Waals surface area contributed by atoms with Gasteiger partial charge in [-0.25, -0.2) is 0 Å². The van der Waals surface area contributed by atoms with E-state index in [0.717, 1.165) is 47.6 Å². The predicted molar refractivity (Wildman–Crippen MR) is 148 cm³/mol. The Labute approximate surface area is 234 Å². The van der Waals surface area contributed by atoms with Gasteiger partial charge < -0.3 is 19.6 Å². The molecule has 2 aliphatic carbocycles. The summed E-state index contributed by atoms with van der Waals surface area (Å²) in [6.07, 6.45) is 5.57. The molecule has 1 aliphatic heterocycles. The molecule has 1 heterocycles. The molecule has 204 valence electrons. The molecule has 0 radical (unpaired) electrons. The molecule has 1 saturated heterocycles. The second-order valence-corrected chi connectivity index (χ2v) is 12.8. The Balaban J connectivity index is 1.44. The number of benzene rings is 2. The first-order valence-corrected chi connectivity index (χ1v) is 14.3. The van der Waals surface area contributed by atoms with Crippen molar-refractivity contribution in [2.24, 2.45) is 5.92 Å². The summed E-state index contributed by atoms with van der Waals surface area (Å²) >= 11 is 12.2. The van der Waals surface area contributed by atoms with Crippen molar-refractivity contribution in [1.82, 2.24) is 5.32 Å². The normalized spacial score (nSPS) is 30.8. The largest absolute Gasteiger partial charge is 0.508 e. The zero-order valence-electron chi connectivity index (χ0n) is 22.1. The van der Waals surface area contributed by atoms with Crippen LogP contribution in [0.5, 0.6) is 5.75 Å². The first kappa shape index (κ1) is 27.3. The van der Waals surface area contributed by atoms with E-state index in [1.165, 1.54) is 19.8 Å². The van der Waals surface area contributed by atoms with E-state index < -0.39 is 11.0 Å². The van der Waals surface area contributed by atoms with Crippen molar-refractivity contribution < 1.29 is 23.9 Å². The third kappa shape index (κ3) is 5.54. The van der Waals surface area contributed by atoms with Crippen LogP contribution in [0.1, 0.15) is 56.6 Å². The highest BCUT2D eigenvalue weighted by molar-refractivity contribution is 6.42. The number of phenols is 1. The van der Waals surface area contributed by atoms with Gasteiger partial charge in [-0.3, -0.25) is 9.59 Å². The number of aromatic hydroxyl groups is 1. The van der Waals surface area contributed by atoms with Crippen LogP contribution < -0.4 is 5.32 Å². The minimum Gasteiger partial charge on any atom is -0.508 e. The quantitative estimate of drug-likeness (QED) is 0.351. The van der Waals surface area contributed by atoms with E-state index in [1.807, 2.05) is 24.3 Å². The number of likely N-dealkylation sites (N-methyl/N-ethyl adjacent to an activating group) is 1. The number of ether oxygens (including phenoxy) is 1. The van der Waals surface area contributed by atoms with Gasteiger partial charge in [0.05, 0.1) is 36.6 Å². The summed E-state index contributed by atoms with van der Waals surface area (Å²) in [6.45, 7) is 4.29. The Morgan fingerprint density at radius 3 is 2.58 bits per heavy atom. The number of esters is 1. The molecule has 2 aromatic carbocycles. The number of fused-ring (bicyclic) bond motifs is 1. The van der Waals surface area contributed by atoms with E-state index >= 15 is 0 Å². The van der Waals surface area contributed by atoms with E-state index in [0.29, 0.717) is 29.3 Å². The molecule has 6 nitrogen and oxygen atoms in total. The summed E-state index contributed by atoms with van der Waals surface area (Å²) in [6, 6.07) is 12.5. The summed E-state index contributed by atoms with van der Waals surface area (Å²) in [4.78, 5) is 25.7. The number of halogens is 2. The number of likely N-dealkylation sites (tertiary alicyclic amines) is 1. The molecule has 2 aromatic rings. The first-order valence-electron chi connectivity index (χ1n) is 13.6. The van der Waals surface area contributed by atoms with Crippen LogP contribution in [0.25, 0.3) is 0 Å². The van der Waals surface area contributed by atoms with Crippen molar-refractivity contribution in [1.29, 1.82) is 0 Å². The Morgan fingerprint density at radius 1 is 1.11 bits per heavy atom. The fourth-order valence-corrected chi connectivity index (χ4v) is 7.49. The van der Waals surface area contributed by atoms with Crippen molar-refractivity contribution >= 4 is 35.1 Å². The topological polar surface area (TPSA) is 75.6 Å². The lowest BCUT2D eigenvalue weighted by Gasteiger charge is -2.60. The maximum absolute atomic E-state index is 13.1. The Morgan fingerprint density at radius 2 is 1.89 bits per heavy atom. The second kappa shape index (κ2) is 10.4. The molecule has 4 atom stereocenters. The lowest BCUT2D eigenvalue weighted by Crippen LogP contribution is -2.72. The zero-order valence-corrected chi connectivity index (χ0v) is 23.7. The van der Waals surface area contributed by atoms with Crippen LogP contribution in [0.2, 0.25) is 10.0 Å². The van der Waals surface area contributed by atoms with Gasteiger partial charge >= 0.3 is 5.97 Å². The number of rotatable bonds is 7. The van der Waals surface area contributed by atoms with Crippen LogP contribution in [0, 0.1) is 5.92 Å². The van der Waals surface area contributed by atoms with Crippen LogP contribution in [0.3, 0.4) is 0 Å². The molecule has 5 rings (SSSR count). The van der Waals surface area contributed by atoms with E-state index in [2.05, 4.69) is 12.4 Å². The summed E-state index contributed by atoms with van der Waals surface area (Å²) in [5, 5.41) is 14.6. The van der Waals surface area contributed by atoms with Crippen LogP contribution >= 0.6 is 23.2 Å². The highest BCUT2D eigenvalue weighted by Crippen LogP contribution is 2.55. The van der Waals surface area contributed by atoms with Crippen LogP contribution in [-0.4, -0.2) is 59.8 Å². The van der Waals surface area contributed by atoms with E-state index in [1.54, 1.807) is 18.2 Å². The third-order valence-corrected chi connectivity index (χ3v) is 9.67. The van der Waals surface area contributed by atoms with E-state index in [9.17, 15) is 14.7 Å². The number of hydrogen-bond acceptors (Lipinski definition) is 4. The fourth-order valence-electron chi connectivity index (χ4n) is 7.17. The Bertz CT molecular complexity index is 1230. The molecule has 8 heteroatoms. The molecule has 2 N–H and O–H groups in total. The third-order valence-electron chi connectivity index (χ3n) is 8.93. The van der Waals surface area contributed by atoms with Crippen LogP contribution in [0.15, 0.2) is 42.5 Å². The lowest BCUT2D eigenvalue weighted by molar-refractivity contribution is -0.924. The number of amides is 1. The summed E-state index contributed by atoms with van der Waals surface area (Å²) in [5.41, 5.74) is 0.549. The average Bonchev–Trinajstić information content (AvgIpc) is 3.65. The van der Waals surface area contributed by atoms with Crippen molar-refractivity contribution in [2.45, 2.75) is 68.9 Å². The SMILES string of the molecule is CC(=O)OC12CC[C@@H](NC(=O)Cc3ccc(Cl)c(Cl)c3)C[C@]1(c1cccc(O)c1)CC[N@+](C)(CC1CC1)C2. The highest BCUT2D eigenvalue weighted by Gasteiger charge is 2.64. The van der Waals surface area contributed by atoms with Crippen molar-refractivity contribution in [3.05, 3.63) is 63.6 Å². The van der Waals surface area contributed by atoms with Gasteiger partial charge in [-0.1, -0.05) is 41.4 Å². The molecule has 0 aromatic heterocycles. The minimum absolute atomic E-state index is 0.0791. The summed E-state index contributed by atoms with van der Waals surface area (Å²) in [7, 11) is 2.29. The fraction of sp³-hybridized carbons (Fsp3) is 0.533. The predicted octanol–water partition coefficient (Wildman–Crippen LogP) is 5.41. The molecule has 0 bridgehead atoms. The molecular formula is C30H37Cl2N2O4+. The van der Waals surface area contributed by atoms with E-state index in [-0.39, 0.29) is 30.1 Å². The highest BCUT2D eigenvalue weighted by atomic mass is 35.5. The number of piperidine rings is 1. The molecule has 1 amide bonds. The summed E-state index contributed by atoms with van der Waals surface area (Å²) < 4.78 is 7.26. The number of carbonyl (C=O) groups excluding carboxylic acids is 2. The maximum atomic E-state index is 13.1. The first-order chi connectivity index (χ1) is 18.0. The Hall–Kier alpha value is -2.28. The van der Waals surface area contributed by atoms with Gasteiger partial charge in [0.15, 0.2) is 5.60 Å². The molecule has 0 spiro atoms.